The van der Waals surface area contributed by atoms with Gasteiger partial charge in [-0.05, 0) is 49.6 Å². The Morgan fingerprint density at radius 1 is 0.828 bits per heavy atom. The highest BCUT2D eigenvalue weighted by Gasteiger charge is 2.19. The van der Waals surface area contributed by atoms with Crippen LogP contribution in [-0.2, 0) is 12.8 Å². The number of nitrogens with zero attached hydrogens (tertiary/aromatic N) is 4. The first-order chi connectivity index (χ1) is 14.4. The number of nitrogens with one attached hydrogen (secondary N) is 2. The van der Waals surface area contributed by atoms with Crippen LogP contribution in [0.5, 0.6) is 0 Å². The quantitative estimate of drug-likeness (QED) is 0.489. The van der Waals surface area contributed by atoms with Gasteiger partial charge in [0.2, 0.25) is 0 Å². The Kier molecular flexibility index (Phi) is 4.74. The Morgan fingerprint density at radius 2 is 1.76 bits per heavy atom. The summed E-state index contributed by atoms with van der Waals surface area (Å²) in [4.78, 5) is 18.4. The monoisotopic (exact) mass is 382 g/mol. The third-order valence-electron chi connectivity index (χ3n) is 5.17. The highest BCUT2D eigenvalue weighted by atomic mass is 15.1. The highest BCUT2D eigenvalue weighted by Crippen LogP contribution is 2.28. The fraction of sp³-hybridized carbons (Fsp3) is 0.217. The number of para-hydroxylation sites is 1. The summed E-state index contributed by atoms with van der Waals surface area (Å²) >= 11 is 0. The predicted molar refractivity (Wildman–Crippen MR) is 116 cm³/mol. The second kappa shape index (κ2) is 7.83. The van der Waals surface area contributed by atoms with Crippen LogP contribution in [0.1, 0.15) is 17.7 Å². The second-order valence-corrected chi connectivity index (χ2v) is 7.16. The van der Waals surface area contributed by atoms with E-state index in [9.17, 15) is 0 Å². The van der Waals surface area contributed by atoms with E-state index >= 15 is 0 Å². The standard InChI is InChI=1S/C23H22N6/c1-2-8-19-16(5-1)10-11-21(27-19)25-13-14-26-23-18-7-3-9-20(18)28-22(29-23)17-6-4-12-24-15-17/h1-2,4-6,8,10-12,15H,3,7,9,13-14H2,(H,25,27)(H,26,28,29). The minimum absolute atomic E-state index is 0.741. The number of fused-ring (bicyclic) bond motifs is 2. The fourth-order valence-electron chi connectivity index (χ4n) is 3.74. The maximum atomic E-state index is 4.79. The number of pyridine rings is 2. The molecule has 5 rings (SSSR count). The first kappa shape index (κ1) is 17.6. The van der Waals surface area contributed by atoms with Gasteiger partial charge in [0.25, 0.3) is 0 Å². The fourth-order valence-corrected chi connectivity index (χ4v) is 3.74. The van der Waals surface area contributed by atoms with Gasteiger partial charge in [0.1, 0.15) is 11.6 Å². The minimum Gasteiger partial charge on any atom is -0.368 e. The van der Waals surface area contributed by atoms with Gasteiger partial charge in [0.15, 0.2) is 5.82 Å². The lowest BCUT2D eigenvalue weighted by atomic mass is 10.2. The number of hydrogen-bond acceptors (Lipinski definition) is 6. The molecule has 0 atom stereocenters. The summed E-state index contributed by atoms with van der Waals surface area (Å²) in [5.41, 5.74) is 4.36. The molecule has 3 heterocycles. The van der Waals surface area contributed by atoms with Gasteiger partial charge in [-0.3, -0.25) is 4.98 Å². The third kappa shape index (κ3) is 3.74. The van der Waals surface area contributed by atoms with Gasteiger partial charge in [0, 0.05) is 47.7 Å². The van der Waals surface area contributed by atoms with Crippen molar-refractivity contribution in [2.24, 2.45) is 0 Å². The first-order valence-electron chi connectivity index (χ1n) is 10.0. The molecular formula is C23H22N6. The van der Waals surface area contributed by atoms with Crippen LogP contribution in [-0.4, -0.2) is 33.0 Å². The number of rotatable bonds is 6. The summed E-state index contributed by atoms with van der Waals surface area (Å²) < 4.78 is 0. The van der Waals surface area contributed by atoms with Crippen molar-refractivity contribution >= 4 is 22.5 Å². The maximum absolute atomic E-state index is 4.79. The van der Waals surface area contributed by atoms with Crippen molar-refractivity contribution in [1.82, 2.24) is 19.9 Å². The van der Waals surface area contributed by atoms with Crippen LogP contribution in [0.15, 0.2) is 60.9 Å². The van der Waals surface area contributed by atoms with Gasteiger partial charge in [-0.2, -0.15) is 0 Å². The van der Waals surface area contributed by atoms with Crippen LogP contribution in [0.2, 0.25) is 0 Å². The first-order valence-corrected chi connectivity index (χ1v) is 10.0. The van der Waals surface area contributed by atoms with E-state index in [1.807, 2.05) is 42.6 Å². The van der Waals surface area contributed by atoms with E-state index in [1.54, 1.807) is 6.20 Å². The van der Waals surface area contributed by atoms with Crippen molar-refractivity contribution in [3.05, 3.63) is 72.2 Å². The van der Waals surface area contributed by atoms with Crippen molar-refractivity contribution < 1.29 is 0 Å². The third-order valence-corrected chi connectivity index (χ3v) is 5.17. The molecule has 0 unspecified atom stereocenters. The molecule has 2 N–H and O–H groups in total. The molecule has 0 radical (unpaired) electrons. The summed E-state index contributed by atoms with van der Waals surface area (Å²) in [6.45, 7) is 1.51. The molecule has 144 valence electrons. The van der Waals surface area contributed by atoms with E-state index in [0.29, 0.717) is 0 Å². The van der Waals surface area contributed by atoms with Gasteiger partial charge in [0.05, 0.1) is 5.52 Å². The normalized spacial score (nSPS) is 12.7. The summed E-state index contributed by atoms with van der Waals surface area (Å²) in [7, 11) is 0. The van der Waals surface area contributed by atoms with E-state index in [1.165, 1.54) is 5.56 Å². The van der Waals surface area contributed by atoms with Crippen molar-refractivity contribution in [2.45, 2.75) is 19.3 Å². The molecule has 0 aliphatic heterocycles. The Morgan fingerprint density at radius 3 is 2.69 bits per heavy atom. The zero-order chi connectivity index (χ0) is 19.5. The average Bonchev–Trinajstić information content (AvgIpc) is 3.26. The number of aryl methyl sites for hydroxylation is 1. The van der Waals surface area contributed by atoms with Gasteiger partial charge >= 0.3 is 0 Å². The van der Waals surface area contributed by atoms with Crippen molar-refractivity contribution in [1.29, 1.82) is 0 Å². The molecule has 29 heavy (non-hydrogen) atoms. The van der Waals surface area contributed by atoms with Crippen LogP contribution in [0, 0.1) is 0 Å². The van der Waals surface area contributed by atoms with Crippen LogP contribution < -0.4 is 10.6 Å². The smallest absolute Gasteiger partial charge is 0.163 e. The van der Waals surface area contributed by atoms with E-state index in [0.717, 1.165) is 72.0 Å². The topological polar surface area (TPSA) is 75.6 Å². The number of anilines is 2. The molecule has 3 aromatic heterocycles. The van der Waals surface area contributed by atoms with E-state index < -0.39 is 0 Å². The molecule has 0 fully saturated rings. The maximum Gasteiger partial charge on any atom is 0.163 e. The lowest BCUT2D eigenvalue weighted by molar-refractivity contribution is 0.899. The Hall–Kier alpha value is -3.54. The molecule has 1 aliphatic rings. The molecule has 6 heteroatoms. The molecule has 4 aromatic rings. The van der Waals surface area contributed by atoms with Crippen molar-refractivity contribution in [3.8, 4) is 11.4 Å². The molecule has 0 saturated heterocycles. The second-order valence-electron chi connectivity index (χ2n) is 7.16. The van der Waals surface area contributed by atoms with Crippen LogP contribution in [0.25, 0.3) is 22.3 Å². The molecule has 1 aliphatic carbocycles. The number of hydrogen-bond donors (Lipinski definition) is 2. The molecule has 0 saturated carbocycles. The molecule has 0 spiro atoms. The van der Waals surface area contributed by atoms with Gasteiger partial charge < -0.3 is 10.6 Å². The van der Waals surface area contributed by atoms with E-state index in [2.05, 4.69) is 32.7 Å². The molecule has 0 amide bonds. The molecule has 1 aromatic carbocycles. The predicted octanol–water partition coefficient (Wildman–Crippen LogP) is 4.10. The lowest BCUT2D eigenvalue weighted by Gasteiger charge is -2.13. The SMILES string of the molecule is c1cncc(-c2nc3c(c(NCCNc4ccc5ccccc5n4)n2)CCC3)c1. The van der Waals surface area contributed by atoms with Gasteiger partial charge in [-0.1, -0.05) is 18.2 Å². The van der Waals surface area contributed by atoms with Crippen molar-refractivity contribution in [3.63, 3.8) is 0 Å². The molecule has 6 nitrogen and oxygen atoms in total. The van der Waals surface area contributed by atoms with Crippen LogP contribution in [0.3, 0.4) is 0 Å². The summed E-state index contributed by atoms with van der Waals surface area (Å²) in [5, 5.41) is 8.04. The minimum atomic E-state index is 0.741. The van der Waals surface area contributed by atoms with E-state index in [4.69, 9.17) is 9.97 Å². The Labute approximate surface area is 169 Å². The van der Waals surface area contributed by atoms with Crippen LogP contribution >= 0.6 is 0 Å². The summed E-state index contributed by atoms with van der Waals surface area (Å²) in [6, 6.07) is 16.2. The zero-order valence-electron chi connectivity index (χ0n) is 16.1. The zero-order valence-corrected chi connectivity index (χ0v) is 16.1. The average molecular weight is 382 g/mol. The van der Waals surface area contributed by atoms with E-state index in [-0.39, 0.29) is 0 Å². The number of aromatic nitrogens is 4. The summed E-state index contributed by atoms with van der Waals surface area (Å²) in [5.74, 6) is 2.57. The van der Waals surface area contributed by atoms with Crippen molar-refractivity contribution in [2.75, 3.05) is 23.7 Å². The Bertz CT molecular complexity index is 1140. The summed E-state index contributed by atoms with van der Waals surface area (Å²) in [6.07, 6.45) is 6.76. The Balaban J connectivity index is 1.28. The largest absolute Gasteiger partial charge is 0.368 e. The molecule has 0 bridgehead atoms. The van der Waals surface area contributed by atoms with Gasteiger partial charge in [-0.25, -0.2) is 15.0 Å². The number of benzene rings is 1. The lowest BCUT2D eigenvalue weighted by Crippen LogP contribution is -2.16. The highest BCUT2D eigenvalue weighted by molar-refractivity contribution is 5.80. The van der Waals surface area contributed by atoms with Gasteiger partial charge in [-0.15, -0.1) is 0 Å². The molecular weight excluding hydrogens is 360 g/mol. The van der Waals surface area contributed by atoms with Crippen LogP contribution in [0.4, 0.5) is 11.6 Å².